The van der Waals surface area contributed by atoms with E-state index in [2.05, 4.69) is 102 Å². The molecule has 3 aromatic carbocycles. The van der Waals surface area contributed by atoms with Crippen molar-refractivity contribution in [2.24, 2.45) is 5.10 Å². The molecular weight excluding hydrogens is 571 g/mol. The molecule has 0 aliphatic carbocycles. The van der Waals surface area contributed by atoms with E-state index >= 15 is 0 Å². The summed E-state index contributed by atoms with van der Waals surface area (Å²) in [4.78, 5) is 2.17. The number of fused-ring (bicyclic) bond motifs is 6. The van der Waals surface area contributed by atoms with Crippen LogP contribution >= 0.6 is 0 Å². The van der Waals surface area contributed by atoms with Crippen LogP contribution in [0.1, 0.15) is 58.2 Å². The van der Waals surface area contributed by atoms with Gasteiger partial charge in [-0.05, 0) is 23.1 Å². The molecule has 1 radical (unpaired) electrons. The quantitative estimate of drug-likeness (QED) is 0.285. The van der Waals surface area contributed by atoms with E-state index in [0.717, 1.165) is 22.8 Å². The first-order chi connectivity index (χ1) is 14.6. The molecule has 3 aromatic rings. The summed E-state index contributed by atoms with van der Waals surface area (Å²) in [7, 11) is 0. The zero-order valence-corrected chi connectivity index (χ0v) is 21.9. The van der Waals surface area contributed by atoms with Gasteiger partial charge in [-0.3, -0.25) is 0 Å². The Balaban J connectivity index is 0.00000245. The maximum absolute atomic E-state index is 4.98. The van der Waals surface area contributed by atoms with E-state index < -0.39 is 0 Å². The van der Waals surface area contributed by atoms with Gasteiger partial charge in [-0.15, -0.1) is 17.8 Å². The summed E-state index contributed by atoms with van der Waals surface area (Å²) in [5, 5.41) is 6.94. The van der Waals surface area contributed by atoms with Gasteiger partial charge >= 0.3 is 0 Å². The predicted octanol–water partition coefficient (Wildman–Crippen LogP) is 6.87. The van der Waals surface area contributed by atoms with E-state index in [-0.39, 0.29) is 30.9 Å². The van der Waals surface area contributed by atoms with Gasteiger partial charge in [0, 0.05) is 31.4 Å². The van der Waals surface area contributed by atoms with Gasteiger partial charge in [-0.25, -0.2) is 0 Å². The zero-order valence-electron chi connectivity index (χ0n) is 19.5. The van der Waals surface area contributed by atoms with Crippen molar-refractivity contribution in [2.75, 3.05) is 9.91 Å². The van der Waals surface area contributed by atoms with Crippen LogP contribution in [-0.4, -0.2) is 5.84 Å². The van der Waals surface area contributed by atoms with Crippen LogP contribution in [0.15, 0.2) is 65.8 Å². The normalized spacial score (nSPS) is 14.9. The number of hydrogen-bond acceptors (Lipinski definition) is 3. The number of hydrazone groups is 1. The van der Waals surface area contributed by atoms with Crippen molar-refractivity contribution in [3.8, 4) is 11.1 Å². The second kappa shape index (κ2) is 7.86. The van der Waals surface area contributed by atoms with Gasteiger partial charge < -0.3 is 9.91 Å². The first kappa shape index (κ1) is 22.8. The summed E-state index contributed by atoms with van der Waals surface area (Å²) in [5.74, 6) is 0.951. The van der Waals surface area contributed by atoms with E-state index in [0.29, 0.717) is 0 Å². The summed E-state index contributed by atoms with van der Waals surface area (Å²) in [6, 6.07) is 25.2. The molecule has 32 heavy (non-hydrogen) atoms. The number of nitrogens with zero attached hydrogens (tertiary/aromatic N) is 3. The largest absolute Gasteiger partial charge is 0.476 e. The van der Waals surface area contributed by atoms with Crippen LogP contribution in [0.2, 0.25) is 0 Å². The second-order valence-corrected chi connectivity index (χ2v) is 10.5. The summed E-state index contributed by atoms with van der Waals surface area (Å²) in [6.45, 7) is 15.6. The topological polar surface area (TPSA) is 18.8 Å². The molecule has 2 aliphatic heterocycles. The molecule has 0 fully saturated rings. The molecule has 3 nitrogen and oxygen atoms in total. The number of hydrogen-bond donors (Lipinski definition) is 0. The number of para-hydroxylation sites is 1. The summed E-state index contributed by atoms with van der Waals surface area (Å²) < 4.78 is 0. The SMILES string of the molecule is CC(C)(C)c1c[c-]c2c(c1)-c1cc(C(C)(C)C)ccc1C1=NN(c3ccccc3)[CH-]N12.[Ir]. The van der Waals surface area contributed by atoms with E-state index in [1.54, 1.807) is 0 Å². The first-order valence-corrected chi connectivity index (χ1v) is 10.9. The third kappa shape index (κ3) is 3.80. The Morgan fingerprint density at radius 2 is 1.44 bits per heavy atom. The van der Waals surface area contributed by atoms with Crippen molar-refractivity contribution < 1.29 is 20.1 Å². The van der Waals surface area contributed by atoms with Gasteiger partial charge in [-0.2, -0.15) is 23.3 Å². The fourth-order valence-corrected chi connectivity index (χ4v) is 4.15. The molecule has 0 N–H and O–H groups in total. The number of benzene rings is 3. The van der Waals surface area contributed by atoms with E-state index in [1.165, 1.54) is 22.3 Å². The minimum atomic E-state index is 0. The standard InChI is InChI=1S/C28H29N3.Ir/c1-27(2,3)19-12-14-22-23(16-19)24-17-20(28(4,5)6)13-15-25(24)30-18-31(29-26(22)30)21-10-8-7-9-11-21;/h7-14,16-18H,1-6H3;/q-2;. The van der Waals surface area contributed by atoms with Gasteiger partial charge in [0.2, 0.25) is 0 Å². The van der Waals surface area contributed by atoms with E-state index in [1.807, 2.05) is 23.2 Å². The van der Waals surface area contributed by atoms with Crippen molar-refractivity contribution in [3.63, 3.8) is 0 Å². The van der Waals surface area contributed by atoms with Crippen molar-refractivity contribution in [1.29, 1.82) is 0 Å². The van der Waals surface area contributed by atoms with E-state index in [9.17, 15) is 0 Å². The molecule has 2 heterocycles. The number of rotatable bonds is 1. The summed E-state index contributed by atoms with van der Waals surface area (Å²) in [5.41, 5.74) is 8.49. The zero-order chi connectivity index (χ0) is 22.0. The molecule has 167 valence electrons. The van der Waals surface area contributed by atoms with Crippen molar-refractivity contribution in [1.82, 2.24) is 0 Å². The third-order valence-corrected chi connectivity index (χ3v) is 6.12. The Labute approximate surface area is 205 Å². The summed E-state index contributed by atoms with van der Waals surface area (Å²) in [6.07, 6.45) is 0. The molecule has 0 amide bonds. The van der Waals surface area contributed by atoms with Crippen LogP contribution in [-0.2, 0) is 30.9 Å². The molecule has 0 aromatic heterocycles. The monoisotopic (exact) mass is 600 g/mol. The Kier molecular flexibility index (Phi) is 5.59. The minimum absolute atomic E-state index is 0. The Bertz CT molecular complexity index is 1180. The van der Waals surface area contributed by atoms with Crippen LogP contribution in [0.5, 0.6) is 0 Å². The van der Waals surface area contributed by atoms with Gasteiger partial charge in [0.15, 0.2) is 0 Å². The molecule has 0 saturated carbocycles. The van der Waals surface area contributed by atoms with Crippen molar-refractivity contribution >= 4 is 17.2 Å². The Morgan fingerprint density at radius 1 is 0.781 bits per heavy atom. The van der Waals surface area contributed by atoms with Gasteiger partial charge in [0.25, 0.3) is 0 Å². The molecular formula is C28H29IrN3-2. The number of amidine groups is 1. The minimum Gasteiger partial charge on any atom is -0.476 e. The second-order valence-electron chi connectivity index (χ2n) is 10.5. The summed E-state index contributed by atoms with van der Waals surface area (Å²) >= 11 is 0. The van der Waals surface area contributed by atoms with Gasteiger partial charge in [0.1, 0.15) is 5.84 Å². The van der Waals surface area contributed by atoms with Crippen LogP contribution in [0.4, 0.5) is 11.4 Å². The van der Waals surface area contributed by atoms with Crippen LogP contribution in [0.25, 0.3) is 11.1 Å². The molecule has 0 unspecified atom stereocenters. The fourth-order valence-electron chi connectivity index (χ4n) is 4.15. The fraction of sp³-hybridized carbons (Fsp3) is 0.286. The van der Waals surface area contributed by atoms with Gasteiger partial charge in [-0.1, -0.05) is 94.6 Å². The predicted molar refractivity (Wildman–Crippen MR) is 130 cm³/mol. The third-order valence-electron chi connectivity index (χ3n) is 6.12. The van der Waals surface area contributed by atoms with Crippen LogP contribution in [0, 0.1) is 12.7 Å². The molecule has 0 bridgehead atoms. The maximum atomic E-state index is 4.98. The van der Waals surface area contributed by atoms with E-state index in [4.69, 9.17) is 5.10 Å². The number of anilines is 2. The maximum Gasteiger partial charge on any atom is 0.127 e. The van der Waals surface area contributed by atoms with Crippen LogP contribution < -0.4 is 9.91 Å². The van der Waals surface area contributed by atoms with Gasteiger partial charge in [0.05, 0.1) is 0 Å². The van der Waals surface area contributed by atoms with Crippen molar-refractivity contribution in [2.45, 2.75) is 52.4 Å². The Morgan fingerprint density at radius 3 is 2.09 bits per heavy atom. The molecule has 5 rings (SSSR count). The van der Waals surface area contributed by atoms with Crippen LogP contribution in [0.3, 0.4) is 0 Å². The Hall–Kier alpha value is -2.42. The van der Waals surface area contributed by atoms with Crippen molar-refractivity contribution in [3.05, 3.63) is 90.1 Å². The molecule has 0 spiro atoms. The average Bonchev–Trinajstić information content (AvgIpc) is 3.18. The first-order valence-electron chi connectivity index (χ1n) is 10.9. The molecule has 2 aliphatic rings. The molecule has 0 saturated heterocycles. The molecule has 4 heteroatoms. The molecule has 0 atom stereocenters. The average molecular weight is 600 g/mol. The smallest absolute Gasteiger partial charge is 0.127 e.